The largest absolute Gasteiger partial charge is 0.468 e. The smallest absolute Gasteiger partial charge is 0.330 e. The molecule has 0 bridgehead atoms. The molecule has 0 saturated carbocycles. The van der Waals surface area contributed by atoms with E-state index in [2.05, 4.69) is 23.6 Å². The zero-order valence-electron chi connectivity index (χ0n) is 11.9. The number of aliphatic imine (C=N–C) groups is 1. The maximum atomic E-state index is 11.2. The second-order valence-electron chi connectivity index (χ2n) is 5.00. The van der Waals surface area contributed by atoms with Gasteiger partial charge in [-0.1, -0.05) is 32.0 Å². The molecule has 1 aliphatic heterocycles. The first-order valence-corrected chi connectivity index (χ1v) is 6.68. The molecule has 0 amide bonds. The Kier molecular flexibility index (Phi) is 4.56. The Labute approximate surface area is 119 Å². The number of nitrogens with zero attached hydrogens (tertiary/aromatic N) is 1. The molecule has 1 aliphatic rings. The molecule has 0 fully saturated rings. The molecule has 0 aromatic heterocycles. The van der Waals surface area contributed by atoms with Gasteiger partial charge in [-0.25, -0.2) is 9.79 Å². The minimum absolute atomic E-state index is 0.00566. The molecule has 106 valence electrons. The molecular formula is C16H19NO3. The second-order valence-corrected chi connectivity index (χ2v) is 5.00. The Morgan fingerprint density at radius 1 is 1.35 bits per heavy atom. The van der Waals surface area contributed by atoms with Gasteiger partial charge in [-0.3, -0.25) is 0 Å². The van der Waals surface area contributed by atoms with Gasteiger partial charge in [0.1, 0.15) is 6.10 Å². The first-order valence-electron chi connectivity index (χ1n) is 6.68. The number of benzene rings is 1. The molecule has 4 heteroatoms. The summed E-state index contributed by atoms with van der Waals surface area (Å²) in [6.45, 7) is 4.18. The van der Waals surface area contributed by atoms with Crippen molar-refractivity contribution in [3.63, 3.8) is 0 Å². The lowest BCUT2D eigenvalue weighted by Crippen LogP contribution is -2.25. The standard InChI is InChI=1S/C16H19NO3/c1-11(2)15-13(9-10-14(18)19-3)20-16(17-15)12-7-5-4-6-8-12/h4-11,13,15H,1-3H3/b10-9+/t13-,15-/m0/s1. The van der Waals surface area contributed by atoms with Crippen LogP contribution in [0.15, 0.2) is 47.5 Å². The Hall–Kier alpha value is -2.10. The van der Waals surface area contributed by atoms with Gasteiger partial charge >= 0.3 is 5.97 Å². The second kappa shape index (κ2) is 6.37. The Bertz CT molecular complexity index is 520. The van der Waals surface area contributed by atoms with Crippen molar-refractivity contribution in [2.75, 3.05) is 7.11 Å². The molecule has 0 spiro atoms. The zero-order valence-corrected chi connectivity index (χ0v) is 11.9. The normalized spacial score (nSPS) is 21.9. The third kappa shape index (κ3) is 3.26. The summed E-state index contributed by atoms with van der Waals surface area (Å²) in [5, 5.41) is 0. The summed E-state index contributed by atoms with van der Waals surface area (Å²) in [6, 6.07) is 9.77. The van der Waals surface area contributed by atoms with E-state index in [1.165, 1.54) is 13.2 Å². The number of rotatable bonds is 4. The van der Waals surface area contributed by atoms with Gasteiger partial charge in [0.15, 0.2) is 0 Å². The van der Waals surface area contributed by atoms with E-state index < -0.39 is 0 Å². The van der Waals surface area contributed by atoms with Crippen LogP contribution in [0.3, 0.4) is 0 Å². The fourth-order valence-electron chi connectivity index (χ4n) is 2.08. The molecule has 0 aliphatic carbocycles. The van der Waals surface area contributed by atoms with Gasteiger partial charge in [-0.2, -0.15) is 0 Å². The average Bonchev–Trinajstić information content (AvgIpc) is 2.90. The molecule has 0 unspecified atom stereocenters. The number of hydrogen-bond donors (Lipinski definition) is 0. The first kappa shape index (κ1) is 14.3. The van der Waals surface area contributed by atoms with Crippen LogP contribution in [0.4, 0.5) is 0 Å². The molecule has 2 rings (SSSR count). The molecule has 4 nitrogen and oxygen atoms in total. The number of carbonyl (C=O) groups is 1. The topological polar surface area (TPSA) is 47.9 Å². The van der Waals surface area contributed by atoms with E-state index in [0.717, 1.165) is 5.56 Å². The minimum Gasteiger partial charge on any atom is -0.468 e. The highest BCUT2D eigenvalue weighted by molar-refractivity contribution is 5.95. The molecule has 0 saturated heterocycles. The summed E-state index contributed by atoms with van der Waals surface area (Å²) >= 11 is 0. The van der Waals surface area contributed by atoms with Crippen LogP contribution in [0.2, 0.25) is 0 Å². The predicted octanol–water partition coefficient (Wildman–Crippen LogP) is 2.59. The third-order valence-electron chi connectivity index (χ3n) is 3.18. The van der Waals surface area contributed by atoms with Crippen LogP contribution in [0, 0.1) is 5.92 Å². The van der Waals surface area contributed by atoms with Crippen molar-refractivity contribution in [2.45, 2.75) is 26.0 Å². The molecular weight excluding hydrogens is 254 g/mol. The molecule has 2 atom stereocenters. The fourth-order valence-corrected chi connectivity index (χ4v) is 2.08. The summed E-state index contributed by atoms with van der Waals surface area (Å²) in [7, 11) is 1.36. The van der Waals surface area contributed by atoms with Gasteiger partial charge in [0.05, 0.1) is 13.2 Å². The van der Waals surface area contributed by atoms with E-state index in [1.807, 2.05) is 30.3 Å². The van der Waals surface area contributed by atoms with E-state index in [0.29, 0.717) is 11.8 Å². The maximum Gasteiger partial charge on any atom is 0.330 e. The molecule has 20 heavy (non-hydrogen) atoms. The summed E-state index contributed by atoms with van der Waals surface area (Å²) in [4.78, 5) is 15.8. The van der Waals surface area contributed by atoms with Crippen LogP contribution >= 0.6 is 0 Å². The van der Waals surface area contributed by atoms with Crippen LogP contribution in [0.25, 0.3) is 0 Å². The fraction of sp³-hybridized carbons (Fsp3) is 0.375. The van der Waals surface area contributed by atoms with Crippen molar-refractivity contribution in [3.8, 4) is 0 Å². The van der Waals surface area contributed by atoms with Gasteiger partial charge in [0.2, 0.25) is 5.90 Å². The number of hydrogen-bond acceptors (Lipinski definition) is 4. The Morgan fingerprint density at radius 3 is 2.65 bits per heavy atom. The predicted molar refractivity (Wildman–Crippen MR) is 77.6 cm³/mol. The van der Waals surface area contributed by atoms with Crippen LogP contribution in [-0.2, 0) is 14.3 Å². The minimum atomic E-state index is -0.385. The van der Waals surface area contributed by atoms with E-state index in [-0.39, 0.29) is 18.1 Å². The summed E-state index contributed by atoms with van der Waals surface area (Å²) in [5.74, 6) is 0.566. The lowest BCUT2D eigenvalue weighted by molar-refractivity contribution is -0.134. The van der Waals surface area contributed by atoms with Gasteiger partial charge in [0, 0.05) is 11.6 Å². The monoisotopic (exact) mass is 273 g/mol. The highest BCUT2D eigenvalue weighted by Gasteiger charge is 2.31. The number of methoxy groups -OCH3 is 1. The van der Waals surface area contributed by atoms with Crippen molar-refractivity contribution in [1.29, 1.82) is 0 Å². The van der Waals surface area contributed by atoms with Crippen molar-refractivity contribution in [2.24, 2.45) is 10.9 Å². The van der Waals surface area contributed by atoms with Gasteiger partial charge in [0.25, 0.3) is 0 Å². The SMILES string of the molecule is COC(=O)/C=C/[C@@H]1OC(c2ccccc2)=N[C@H]1C(C)C. The third-order valence-corrected chi connectivity index (χ3v) is 3.18. The van der Waals surface area contributed by atoms with Crippen LogP contribution in [0.1, 0.15) is 19.4 Å². The van der Waals surface area contributed by atoms with Crippen LogP contribution in [0.5, 0.6) is 0 Å². The Morgan fingerprint density at radius 2 is 2.05 bits per heavy atom. The van der Waals surface area contributed by atoms with Crippen LogP contribution in [-0.4, -0.2) is 31.1 Å². The molecule has 0 N–H and O–H groups in total. The Balaban J connectivity index is 2.17. The van der Waals surface area contributed by atoms with E-state index in [1.54, 1.807) is 6.08 Å². The molecule has 1 aromatic carbocycles. The van der Waals surface area contributed by atoms with E-state index in [9.17, 15) is 4.79 Å². The van der Waals surface area contributed by atoms with E-state index >= 15 is 0 Å². The lowest BCUT2D eigenvalue weighted by Gasteiger charge is -2.16. The zero-order chi connectivity index (χ0) is 14.5. The van der Waals surface area contributed by atoms with Gasteiger partial charge in [-0.15, -0.1) is 0 Å². The van der Waals surface area contributed by atoms with Crippen molar-refractivity contribution >= 4 is 11.9 Å². The van der Waals surface area contributed by atoms with Gasteiger partial charge < -0.3 is 9.47 Å². The highest BCUT2D eigenvalue weighted by atomic mass is 16.5. The average molecular weight is 273 g/mol. The summed E-state index contributed by atoms with van der Waals surface area (Å²) in [5.41, 5.74) is 0.951. The number of carbonyl (C=O) groups excluding carboxylic acids is 1. The van der Waals surface area contributed by atoms with Crippen molar-refractivity contribution in [1.82, 2.24) is 0 Å². The highest BCUT2D eigenvalue weighted by Crippen LogP contribution is 2.24. The molecule has 1 heterocycles. The summed E-state index contributed by atoms with van der Waals surface area (Å²) < 4.78 is 10.5. The molecule has 1 aromatic rings. The number of ether oxygens (including phenoxy) is 2. The van der Waals surface area contributed by atoms with E-state index in [4.69, 9.17) is 4.74 Å². The maximum absolute atomic E-state index is 11.2. The summed E-state index contributed by atoms with van der Waals surface area (Å²) in [6.07, 6.45) is 2.88. The number of esters is 1. The van der Waals surface area contributed by atoms with Crippen molar-refractivity contribution in [3.05, 3.63) is 48.0 Å². The van der Waals surface area contributed by atoms with Crippen molar-refractivity contribution < 1.29 is 14.3 Å². The first-order chi connectivity index (χ1) is 9.61. The lowest BCUT2D eigenvalue weighted by atomic mass is 9.99. The van der Waals surface area contributed by atoms with Gasteiger partial charge in [-0.05, 0) is 24.1 Å². The quantitative estimate of drug-likeness (QED) is 0.626. The van der Waals surface area contributed by atoms with Crippen LogP contribution < -0.4 is 0 Å². The molecule has 0 radical (unpaired) electrons.